The van der Waals surface area contributed by atoms with Gasteiger partial charge in [0, 0.05) is 13.1 Å². The van der Waals surface area contributed by atoms with Gasteiger partial charge in [0.25, 0.3) is 0 Å². The topological polar surface area (TPSA) is 41.2 Å². The predicted octanol–water partition coefficient (Wildman–Crippen LogP) is 3.19. The molecule has 22 heavy (non-hydrogen) atoms. The zero-order valence-corrected chi connectivity index (χ0v) is 12.4. The molecule has 3 rings (SSSR count). The first kappa shape index (κ1) is 15.3. The van der Waals surface area contributed by atoms with Gasteiger partial charge in [-0.05, 0) is 32.0 Å². The maximum Gasteiger partial charge on any atom is 0.416 e. The minimum Gasteiger partial charge on any atom is -0.373 e. The van der Waals surface area contributed by atoms with E-state index in [9.17, 15) is 13.2 Å². The Morgan fingerprint density at radius 2 is 1.95 bits per heavy atom. The van der Waals surface area contributed by atoms with Crippen molar-refractivity contribution in [3.63, 3.8) is 0 Å². The fourth-order valence-electron chi connectivity index (χ4n) is 2.94. The summed E-state index contributed by atoms with van der Waals surface area (Å²) in [4.78, 5) is 9.56. The monoisotopic (exact) mass is 313 g/mol. The normalized spacial score (nSPS) is 24.0. The number of aromatic amines is 1. The van der Waals surface area contributed by atoms with Crippen LogP contribution in [0.3, 0.4) is 0 Å². The Labute approximate surface area is 126 Å². The molecule has 0 radical (unpaired) electrons. The third-order valence-corrected chi connectivity index (χ3v) is 3.73. The number of benzene rings is 1. The second kappa shape index (κ2) is 5.55. The molecule has 1 saturated heterocycles. The van der Waals surface area contributed by atoms with Crippen LogP contribution >= 0.6 is 0 Å². The van der Waals surface area contributed by atoms with Crippen molar-refractivity contribution in [3.8, 4) is 0 Å². The molecule has 0 bridgehead atoms. The van der Waals surface area contributed by atoms with E-state index in [1.165, 1.54) is 6.07 Å². The zero-order chi connectivity index (χ0) is 15.9. The van der Waals surface area contributed by atoms with Gasteiger partial charge in [0.2, 0.25) is 0 Å². The van der Waals surface area contributed by atoms with Crippen molar-refractivity contribution in [1.29, 1.82) is 0 Å². The van der Waals surface area contributed by atoms with E-state index in [4.69, 9.17) is 4.74 Å². The number of aromatic nitrogens is 2. The van der Waals surface area contributed by atoms with Crippen LogP contribution in [-0.4, -0.2) is 40.2 Å². The fourth-order valence-corrected chi connectivity index (χ4v) is 2.94. The van der Waals surface area contributed by atoms with Crippen LogP contribution in [0.2, 0.25) is 0 Å². The Morgan fingerprint density at radius 3 is 2.59 bits per heavy atom. The van der Waals surface area contributed by atoms with Crippen LogP contribution < -0.4 is 0 Å². The van der Waals surface area contributed by atoms with Crippen molar-refractivity contribution in [2.45, 2.75) is 38.8 Å². The molecule has 120 valence electrons. The first-order chi connectivity index (χ1) is 10.3. The largest absolute Gasteiger partial charge is 0.416 e. The lowest BCUT2D eigenvalue weighted by Crippen LogP contribution is -2.44. The molecule has 2 aromatic rings. The average molecular weight is 313 g/mol. The number of imidazole rings is 1. The van der Waals surface area contributed by atoms with Crippen molar-refractivity contribution in [2.75, 3.05) is 13.1 Å². The highest BCUT2D eigenvalue weighted by atomic mass is 19.4. The molecule has 2 unspecified atom stereocenters. The molecular formula is C15H18F3N3O. The molecule has 0 spiro atoms. The smallest absolute Gasteiger partial charge is 0.373 e. The standard InChI is InChI=1S/C15H18F3N3O/c1-9-6-21(7-10(2)22-9)8-14-19-12-4-3-11(15(16,17)18)5-13(12)20-14/h3-5,9-10H,6-8H2,1-2H3,(H,19,20). The molecule has 0 amide bonds. The molecular weight excluding hydrogens is 295 g/mol. The van der Waals surface area contributed by atoms with E-state index >= 15 is 0 Å². The van der Waals surface area contributed by atoms with Gasteiger partial charge >= 0.3 is 6.18 Å². The summed E-state index contributed by atoms with van der Waals surface area (Å²) in [5.74, 6) is 0.677. The van der Waals surface area contributed by atoms with Crippen molar-refractivity contribution >= 4 is 11.0 Å². The molecule has 1 aliphatic rings. The highest BCUT2D eigenvalue weighted by Gasteiger charge is 2.31. The van der Waals surface area contributed by atoms with Gasteiger partial charge in [0.05, 0.1) is 35.3 Å². The summed E-state index contributed by atoms with van der Waals surface area (Å²) < 4.78 is 43.8. The van der Waals surface area contributed by atoms with Gasteiger partial charge in [-0.1, -0.05) is 0 Å². The molecule has 0 saturated carbocycles. The van der Waals surface area contributed by atoms with E-state index in [2.05, 4.69) is 14.9 Å². The van der Waals surface area contributed by atoms with Crippen LogP contribution in [0.4, 0.5) is 13.2 Å². The molecule has 0 aliphatic carbocycles. The summed E-state index contributed by atoms with van der Waals surface area (Å²) in [5.41, 5.74) is 0.306. The number of rotatable bonds is 2. The van der Waals surface area contributed by atoms with Gasteiger partial charge < -0.3 is 9.72 Å². The molecule has 1 aliphatic heterocycles. The first-order valence-corrected chi connectivity index (χ1v) is 7.25. The molecule has 4 nitrogen and oxygen atoms in total. The number of nitrogens with zero attached hydrogens (tertiary/aromatic N) is 2. The highest BCUT2D eigenvalue weighted by molar-refractivity contribution is 5.76. The van der Waals surface area contributed by atoms with Gasteiger partial charge in [-0.15, -0.1) is 0 Å². The Bertz CT molecular complexity index is 658. The number of fused-ring (bicyclic) bond motifs is 1. The minimum absolute atomic E-state index is 0.143. The Kier molecular flexibility index (Phi) is 3.86. The first-order valence-electron chi connectivity index (χ1n) is 7.25. The van der Waals surface area contributed by atoms with E-state index in [1.54, 1.807) is 0 Å². The lowest BCUT2D eigenvalue weighted by Gasteiger charge is -2.34. The molecule has 7 heteroatoms. The summed E-state index contributed by atoms with van der Waals surface area (Å²) in [6.45, 7) is 6.17. The number of alkyl halides is 3. The van der Waals surface area contributed by atoms with Crippen LogP contribution in [0, 0.1) is 0 Å². The molecule has 1 aromatic carbocycles. The van der Waals surface area contributed by atoms with E-state index in [0.29, 0.717) is 23.4 Å². The van der Waals surface area contributed by atoms with Gasteiger partial charge in [0.15, 0.2) is 0 Å². The fraction of sp³-hybridized carbons (Fsp3) is 0.533. The van der Waals surface area contributed by atoms with Crippen LogP contribution in [0.1, 0.15) is 25.2 Å². The Morgan fingerprint density at radius 1 is 1.27 bits per heavy atom. The van der Waals surface area contributed by atoms with Crippen molar-refractivity contribution in [1.82, 2.24) is 14.9 Å². The summed E-state index contributed by atoms with van der Waals surface area (Å²) in [6, 6.07) is 3.57. The maximum atomic E-state index is 12.7. The summed E-state index contributed by atoms with van der Waals surface area (Å²) in [7, 11) is 0. The van der Waals surface area contributed by atoms with Crippen molar-refractivity contribution < 1.29 is 17.9 Å². The van der Waals surface area contributed by atoms with Gasteiger partial charge in [0.1, 0.15) is 5.82 Å². The van der Waals surface area contributed by atoms with Crippen molar-refractivity contribution in [3.05, 3.63) is 29.6 Å². The number of halogens is 3. The lowest BCUT2D eigenvalue weighted by atomic mass is 10.2. The number of morpholine rings is 1. The minimum atomic E-state index is -4.34. The molecule has 1 N–H and O–H groups in total. The Balaban J connectivity index is 1.80. The summed E-state index contributed by atoms with van der Waals surface area (Å²) in [6.07, 6.45) is -4.05. The van der Waals surface area contributed by atoms with Crippen LogP contribution in [0.5, 0.6) is 0 Å². The zero-order valence-electron chi connectivity index (χ0n) is 12.4. The summed E-state index contributed by atoms with van der Waals surface area (Å²) >= 11 is 0. The summed E-state index contributed by atoms with van der Waals surface area (Å²) in [5, 5.41) is 0. The number of nitrogens with one attached hydrogen (secondary N) is 1. The number of ether oxygens (including phenoxy) is 1. The van der Waals surface area contributed by atoms with Crippen LogP contribution in [-0.2, 0) is 17.5 Å². The van der Waals surface area contributed by atoms with E-state index in [1.807, 2.05) is 13.8 Å². The molecule has 1 fully saturated rings. The predicted molar refractivity (Wildman–Crippen MR) is 76.4 cm³/mol. The van der Waals surface area contributed by atoms with E-state index in [0.717, 1.165) is 25.2 Å². The van der Waals surface area contributed by atoms with Crippen LogP contribution in [0.25, 0.3) is 11.0 Å². The second-order valence-electron chi connectivity index (χ2n) is 5.86. The second-order valence-corrected chi connectivity index (χ2v) is 5.86. The number of H-pyrrole nitrogens is 1. The third kappa shape index (κ3) is 3.25. The van der Waals surface area contributed by atoms with Crippen molar-refractivity contribution in [2.24, 2.45) is 0 Å². The molecule has 1 aromatic heterocycles. The van der Waals surface area contributed by atoms with Gasteiger partial charge in [-0.3, -0.25) is 4.90 Å². The number of hydrogen-bond acceptors (Lipinski definition) is 3. The SMILES string of the molecule is CC1CN(Cc2nc3ccc(C(F)(F)F)cc3[nH]2)CC(C)O1. The van der Waals surface area contributed by atoms with E-state index < -0.39 is 11.7 Å². The lowest BCUT2D eigenvalue weighted by molar-refractivity contribution is -0.137. The van der Waals surface area contributed by atoms with Crippen LogP contribution in [0.15, 0.2) is 18.2 Å². The highest BCUT2D eigenvalue weighted by Crippen LogP contribution is 2.31. The van der Waals surface area contributed by atoms with Gasteiger partial charge in [-0.25, -0.2) is 4.98 Å². The molecule has 2 heterocycles. The third-order valence-electron chi connectivity index (χ3n) is 3.73. The molecule has 2 atom stereocenters. The number of hydrogen-bond donors (Lipinski definition) is 1. The Hall–Kier alpha value is -1.60. The average Bonchev–Trinajstić information content (AvgIpc) is 2.77. The quantitative estimate of drug-likeness (QED) is 0.926. The van der Waals surface area contributed by atoms with E-state index in [-0.39, 0.29) is 12.2 Å². The van der Waals surface area contributed by atoms with Gasteiger partial charge in [-0.2, -0.15) is 13.2 Å². The maximum absolute atomic E-state index is 12.7.